The van der Waals surface area contributed by atoms with Gasteiger partial charge in [0, 0.05) is 11.4 Å². The Labute approximate surface area is 119 Å². The van der Waals surface area contributed by atoms with Crippen LogP contribution in [0.4, 0.5) is 0 Å². The van der Waals surface area contributed by atoms with Crippen LogP contribution >= 0.6 is 0 Å². The molecule has 104 valence electrons. The molecule has 2 aliphatic rings. The van der Waals surface area contributed by atoms with E-state index in [0.717, 1.165) is 23.2 Å². The monoisotopic (exact) mass is 268 g/mol. The zero-order valence-electron chi connectivity index (χ0n) is 12.2. The second-order valence-corrected chi connectivity index (χ2v) is 6.22. The molecule has 0 saturated carbocycles. The number of carbonyl (C=O) groups is 1. The molecule has 2 heterocycles. The molecule has 2 aliphatic heterocycles. The van der Waals surface area contributed by atoms with Gasteiger partial charge in [-0.1, -0.05) is 38.1 Å². The maximum atomic E-state index is 12.4. The number of nitrogens with zero attached hydrogens (tertiary/aromatic N) is 1. The number of amides is 1. The molecule has 3 nitrogen and oxygen atoms in total. The van der Waals surface area contributed by atoms with Gasteiger partial charge >= 0.3 is 0 Å². The number of carbonyl (C=O) groups excluding carboxylic acids is 1. The summed E-state index contributed by atoms with van der Waals surface area (Å²) in [6, 6.07) is 8.17. The minimum atomic E-state index is -0.555. The van der Waals surface area contributed by atoms with Gasteiger partial charge in [-0.2, -0.15) is 0 Å². The van der Waals surface area contributed by atoms with Crippen molar-refractivity contribution in [2.24, 2.45) is 5.92 Å². The van der Waals surface area contributed by atoms with Crippen molar-refractivity contribution < 1.29 is 4.79 Å². The Morgan fingerprint density at radius 1 is 1.35 bits per heavy atom. The molecule has 1 fully saturated rings. The van der Waals surface area contributed by atoms with Crippen LogP contribution in [0.5, 0.6) is 0 Å². The van der Waals surface area contributed by atoms with Crippen molar-refractivity contribution in [1.29, 1.82) is 5.41 Å². The lowest BCUT2D eigenvalue weighted by Crippen LogP contribution is -2.48. The quantitative estimate of drug-likeness (QED) is 0.875. The van der Waals surface area contributed by atoms with E-state index >= 15 is 0 Å². The van der Waals surface area contributed by atoms with Crippen molar-refractivity contribution in [2.75, 3.05) is 0 Å². The summed E-state index contributed by atoms with van der Waals surface area (Å²) >= 11 is 0. The van der Waals surface area contributed by atoms with Crippen LogP contribution in [0.15, 0.2) is 30.0 Å². The molecule has 20 heavy (non-hydrogen) atoms. The highest BCUT2D eigenvalue weighted by Crippen LogP contribution is 2.48. The van der Waals surface area contributed by atoms with Crippen LogP contribution in [-0.4, -0.2) is 16.5 Å². The number of rotatable bonds is 2. The third-order valence-corrected chi connectivity index (χ3v) is 4.29. The molecule has 0 aromatic heterocycles. The SMILES string of the molecule is CC1=Cc2ccccc2C2(CC(C)C)C(=N)CC(=O)N12. The molecule has 3 rings (SSSR count). The van der Waals surface area contributed by atoms with Crippen LogP contribution in [0.2, 0.25) is 0 Å². The Morgan fingerprint density at radius 2 is 2.05 bits per heavy atom. The number of allylic oxidation sites excluding steroid dienone is 1. The van der Waals surface area contributed by atoms with E-state index < -0.39 is 5.54 Å². The van der Waals surface area contributed by atoms with Crippen molar-refractivity contribution in [2.45, 2.75) is 39.2 Å². The summed E-state index contributed by atoms with van der Waals surface area (Å²) in [6.07, 6.45) is 3.11. The molecule has 0 aliphatic carbocycles. The van der Waals surface area contributed by atoms with E-state index in [1.165, 1.54) is 0 Å². The number of hydrogen-bond donors (Lipinski definition) is 1. The highest BCUT2D eigenvalue weighted by atomic mass is 16.2. The van der Waals surface area contributed by atoms with Gasteiger partial charge in [-0.3, -0.25) is 4.79 Å². The van der Waals surface area contributed by atoms with Crippen LogP contribution < -0.4 is 0 Å². The van der Waals surface area contributed by atoms with Gasteiger partial charge in [0.25, 0.3) is 0 Å². The van der Waals surface area contributed by atoms with Crippen LogP contribution in [0.3, 0.4) is 0 Å². The average Bonchev–Trinajstić information content (AvgIpc) is 2.61. The van der Waals surface area contributed by atoms with Crippen molar-refractivity contribution in [3.8, 4) is 0 Å². The standard InChI is InChI=1S/C17H20N2O/c1-11(2)10-17-14-7-5-4-6-13(14)8-12(3)19(17)16(20)9-15(17)18/h4-8,11,18H,9-10H2,1-3H3. The minimum Gasteiger partial charge on any atom is -0.306 e. The van der Waals surface area contributed by atoms with Crippen LogP contribution in [-0.2, 0) is 10.3 Å². The van der Waals surface area contributed by atoms with Gasteiger partial charge in [-0.15, -0.1) is 0 Å². The van der Waals surface area contributed by atoms with Gasteiger partial charge in [0.05, 0.1) is 6.42 Å². The molecule has 1 saturated heterocycles. The predicted octanol–water partition coefficient (Wildman–Crippen LogP) is 3.55. The number of nitrogens with one attached hydrogen (secondary N) is 1. The Hall–Kier alpha value is -1.90. The highest BCUT2D eigenvalue weighted by molar-refractivity contribution is 6.13. The number of hydrogen-bond acceptors (Lipinski definition) is 2. The lowest BCUT2D eigenvalue weighted by molar-refractivity contribution is -0.129. The molecule has 1 atom stereocenters. The zero-order valence-corrected chi connectivity index (χ0v) is 12.2. The fraction of sp³-hybridized carbons (Fsp3) is 0.412. The molecule has 0 spiro atoms. The van der Waals surface area contributed by atoms with E-state index in [9.17, 15) is 4.79 Å². The summed E-state index contributed by atoms with van der Waals surface area (Å²) in [5, 5.41) is 8.48. The molecular formula is C17H20N2O. The van der Waals surface area contributed by atoms with Gasteiger partial charge in [-0.25, -0.2) is 0 Å². The molecule has 1 aromatic carbocycles. The molecule has 1 unspecified atom stereocenters. The summed E-state index contributed by atoms with van der Waals surface area (Å²) in [4.78, 5) is 14.2. The summed E-state index contributed by atoms with van der Waals surface area (Å²) in [5.74, 6) is 0.474. The molecule has 3 heteroatoms. The van der Waals surface area contributed by atoms with E-state index in [2.05, 4.69) is 32.1 Å². The molecule has 1 N–H and O–H groups in total. The van der Waals surface area contributed by atoms with Gasteiger partial charge in [0.15, 0.2) is 0 Å². The topological polar surface area (TPSA) is 44.2 Å². The highest BCUT2D eigenvalue weighted by Gasteiger charge is 2.53. The van der Waals surface area contributed by atoms with Crippen LogP contribution in [0.25, 0.3) is 6.08 Å². The first-order valence-electron chi connectivity index (χ1n) is 7.15. The maximum Gasteiger partial charge on any atom is 0.233 e. The summed E-state index contributed by atoms with van der Waals surface area (Å²) in [7, 11) is 0. The predicted molar refractivity (Wildman–Crippen MR) is 80.4 cm³/mol. The Morgan fingerprint density at radius 3 is 2.75 bits per heavy atom. The normalized spacial score (nSPS) is 24.8. The minimum absolute atomic E-state index is 0.0545. The third-order valence-electron chi connectivity index (χ3n) is 4.29. The van der Waals surface area contributed by atoms with E-state index in [0.29, 0.717) is 11.6 Å². The average molecular weight is 268 g/mol. The fourth-order valence-corrected chi connectivity index (χ4v) is 3.71. The molecule has 1 amide bonds. The second-order valence-electron chi connectivity index (χ2n) is 6.22. The lowest BCUT2D eigenvalue weighted by Gasteiger charge is -2.44. The van der Waals surface area contributed by atoms with E-state index in [1.54, 1.807) is 0 Å². The first-order valence-corrected chi connectivity index (χ1v) is 7.15. The Kier molecular flexibility index (Phi) is 2.82. The van der Waals surface area contributed by atoms with E-state index in [1.807, 2.05) is 24.0 Å². The zero-order chi connectivity index (χ0) is 14.5. The van der Waals surface area contributed by atoms with Crippen molar-refractivity contribution in [3.05, 3.63) is 41.1 Å². The lowest BCUT2D eigenvalue weighted by atomic mass is 9.75. The smallest absolute Gasteiger partial charge is 0.233 e. The maximum absolute atomic E-state index is 12.4. The summed E-state index contributed by atoms with van der Waals surface area (Å²) in [5.41, 5.74) is 3.19. The Balaban J connectivity index is 2.29. The largest absolute Gasteiger partial charge is 0.306 e. The Bertz CT molecular complexity index is 630. The first kappa shape index (κ1) is 13.1. The second kappa shape index (κ2) is 4.30. The van der Waals surface area contributed by atoms with Gasteiger partial charge in [-0.05, 0) is 36.5 Å². The number of fused-ring (bicyclic) bond motifs is 3. The van der Waals surface area contributed by atoms with Crippen LogP contribution in [0, 0.1) is 11.3 Å². The van der Waals surface area contributed by atoms with Gasteiger partial charge in [0.1, 0.15) is 5.54 Å². The van der Waals surface area contributed by atoms with E-state index in [4.69, 9.17) is 5.41 Å². The molecule has 0 bridgehead atoms. The summed E-state index contributed by atoms with van der Waals surface area (Å²) < 4.78 is 0. The first-order chi connectivity index (χ1) is 9.46. The fourth-order valence-electron chi connectivity index (χ4n) is 3.71. The molecular weight excluding hydrogens is 248 g/mol. The summed E-state index contributed by atoms with van der Waals surface area (Å²) in [6.45, 7) is 6.28. The van der Waals surface area contributed by atoms with Crippen LogP contribution in [0.1, 0.15) is 44.7 Å². The van der Waals surface area contributed by atoms with Crippen molar-refractivity contribution >= 4 is 17.7 Å². The molecule has 1 aromatic rings. The van der Waals surface area contributed by atoms with E-state index in [-0.39, 0.29) is 12.3 Å². The van der Waals surface area contributed by atoms with Gasteiger partial charge in [0.2, 0.25) is 5.91 Å². The third kappa shape index (κ3) is 1.59. The van der Waals surface area contributed by atoms with Gasteiger partial charge < -0.3 is 10.3 Å². The number of benzene rings is 1. The van der Waals surface area contributed by atoms with Crippen molar-refractivity contribution in [1.82, 2.24) is 4.90 Å². The molecule has 0 radical (unpaired) electrons. The van der Waals surface area contributed by atoms with Crippen molar-refractivity contribution in [3.63, 3.8) is 0 Å².